The molecule has 9 saturated heterocycles. The summed E-state index contributed by atoms with van der Waals surface area (Å²) in [5.74, 6) is -10.0. The molecule has 0 bridgehead atoms. The van der Waals surface area contributed by atoms with E-state index in [1.165, 1.54) is 72.8 Å². The number of benzene rings is 6. The molecule has 12 aliphatic rings. The van der Waals surface area contributed by atoms with Crippen LogP contribution in [0.15, 0.2) is 91.0 Å². The minimum Gasteiger partial charge on any atom is -0.392 e. The average molecular weight is 1600 g/mol. The number of hydrogen-bond donors (Lipinski definition) is 6. The third kappa shape index (κ3) is 9.68. The summed E-state index contributed by atoms with van der Waals surface area (Å²) in [5.41, 5.74) is -1.50. The molecule has 0 aliphatic carbocycles. The second-order valence-corrected chi connectivity index (χ2v) is 31.5. The fourth-order valence-electron chi connectivity index (χ4n) is 18.4. The summed E-state index contributed by atoms with van der Waals surface area (Å²) in [5, 5.41) is 43.0. The van der Waals surface area contributed by atoms with Gasteiger partial charge in [-0.3, -0.25) is 57.9 Å². The highest BCUT2D eigenvalue weighted by Crippen LogP contribution is 2.66. The van der Waals surface area contributed by atoms with Gasteiger partial charge in [0.05, 0.1) is 103 Å². The minimum atomic E-state index is -1.53. The normalized spacial score (nSPS) is 32.2. The van der Waals surface area contributed by atoms with Gasteiger partial charge in [0.25, 0.3) is 17.7 Å². The summed E-state index contributed by atoms with van der Waals surface area (Å²) < 4.78 is 0. The maximum absolute atomic E-state index is 13.9. The van der Waals surface area contributed by atoms with Crippen LogP contribution in [0.5, 0.6) is 0 Å². The summed E-state index contributed by atoms with van der Waals surface area (Å²) >= 11 is 74.8. The maximum Gasteiger partial charge on any atom is 0.250 e. The maximum atomic E-state index is 13.9. The van der Waals surface area contributed by atoms with Gasteiger partial charge in [-0.1, -0.05) is 147 Å². The van der Waals surface area contributed by atoms with Crippen LogP contribution < -0.4 is 30.7 Å². The highest BCUT2D eigenvalue weighted by Gasteiger charge is 2.79. The Labute approximate surface area is 628 Å². The molecule has 0 saturated carbocycles. The standard InChI is InChI=1S/3C22H15Cl4N3O4.CH4/c3*23-8-1-9(24)3-11(2-8)29-19(31)16-15-6-12(30)7-28(15)22(17(16)20(29)32)13-4-10(25)5-14(26)18(13)27-21(22)33;/h3*1-5,12,15-17,30H,6-7H2,(H,27,33);1H4/t2*12-,15?,16?,17?,22?;12-,15+,16-,17+,22-;/m000./s1. The van der Waals surface area contributed by atoms with E-state index in [9.17, 15) is 58.5 Å². The number of hydrogen-bond acceptors (Lipinski definition) is 15. The zero-order valence-electron chi connectivity index (χ0n) is 50.1. The number of aliphatic hydroxyl groups excluding tert-OH is 3. The summed E-state index contributed by atoms with van der Waals surface area (Å²) in [6, 6.07) is 21.1. The van der Waals surface area contributed by atoms with Crippen LogP contribution in [0.4, 0.5) is 34.1 Å². The molecule has 6 aromatic rings. The Bertz CT molecular complexity index is 4260. The van der Waals surface area contributed by atoms with Crippen LogP contribution in [0, 0.1) is 35.5 Å². The predicted octanol–water partition coefficient (Wildman–Crippen LogP) is 11.7. The van der Waals surface area contributed by atoms with Crippen LogP contribution in [0.2, 0.25) is 60.3 Å². The van der Waals surface area contributed by atoms with Crippen LogP contribution in [-0.2, 0) is 59.8 Å². The second kappa shape index (κ2) is 24.5. The van der Waals surface area contributed by atoms with Crippen molar-refractivity contribution >= 4 is 227 Å². The first-order valence-corrected chi connectivity index (χ1v) is 35.3. The van der Waals surface area contributed by atoms with E-state index in [0.29, 0.717) is 48.8 Å². The molecule has 6 N–H and O–H groups in total. The molecule has 0 aromatic heterocycles. The van der Waals surface area contributed by atoms with E-state index in [1.807, 2.05) is 0 Å². The SMILES string of the molecule is C.O=C1C2C3C[C@H](O)CN3C3(C(=O)Nc4c(Cl)cc(Cl)cc43)C2C(=O)N1c1cc(Cl)cc(Cl)c1.O=C1C2C3C[C@H](O)CN3C3(C(=O)Nc4c(Cl)cc(Cl)cc43)C2C(=O)N1c1cc(Cl)cc(Cl)c1.O=C1[C@H]2[C@H]3C[C@H](O)CN3[C@]3(C(=O)Nc4c(Cl)cc(Cl)cc43)[C@H]2C(=O)N1c1cc(Cl)cc(Cl)c1. The van der Waals surface area contributed by atoms with E-state index >= 15 is 0 Å². The monoisotopic (exact) mass is 1590 g/mol. The van der Waals surface area contributed by atoms with E-state index in [2.05, 4.69) is 16.0 Å². The molecule has 3 spiro atoms. The number of carbonyl (C=O) groups is 9. The first-order valence-electron chi connectivity index (χ1n) is 30.7. The molecule has 518 valence electrons. The largest absolute Gasteiger partial charge is 0.392 e. The Kier molecular flexibility index (Phi) is 17.2. The lowest BCUT2D eigenvalue weighted by Crippen LogP contribution is -2.54. The zero-order valence-corrected chi connectivity index (χ0v) is 59.1. The number of carbonyl (C=O) groups excluding carboxylic acids is 9. The molecule has 6 aromatic carbocycles. The van der Waals surface area contributed by atoms with Crippen LogP contribution in [0.25, 0.3) is 0 Å². The Hall–Kier alpha value is -5.61. The number of rotatable bonds is 3. The number of aliphatic hydroxyl groups is 3. The quantitative estimate of drug-likeness (QED) is 0.0899. The first-order chi connectivity index (χ1) is 46.9. The number of halogens is 12. The lowest BCUT2D eigenvalue weighted by molar-refractivity contribution is -0.135. The van der Waals surface area contributed by atoms with Crippen molar-refractivity contribution in [2.45, 2.75) is 79.7 Å². The van der Waals surface area contributed by atoms with Gasteiger partial charge in [-0.2, -0.15) is 0 Å². The predicted molar refractivity (Wildman–Crippen MR) is 378 cm³/mol. The van der Waals surface area contributed by atoms with E-state index in [-0.39, 0.29) is 109 Å². The van der Waals surface area contributed by atoms with Crippen LogP contribution in [0.1, 0.15) is 43.4 Å². The molecule has 15 atom stereocenters. The highest BCUT2D eigenvalue weighted by molar-refractivity contribution is 6.42. The second-order valence-electron chi connectivity index (χ2n) is 26.3. The number of imide groups is 3. The minimum absolute atomic E-state index is 0. The molecule has 12 heterocycles. The van der Waals surface area contributed by atoms with Crippen molar-refractivity contribution in [3.05, 3.63) is 168 Å². The van der Waals surface area contributed by atoms with Crippen molar-refractivity contribution in [1.29, 1.82) is 0 Å². The molecule has 33 heteroatoms. The number of nitrogens with zero attached hydrogens (tertiary/aromatic N) is 6. The van der Waals surface area contributed by atoms with Gasteiger partial charge in [0.15, 0.2) is 0 Å². The van der Waals surface area contributed by atoms with E-state index < -0.39 is 142 Å². The van der Waals surface area contributed by atoms with Crippen LogP contribution >= 0.6 is 139 Å². The summed E-state index contributed by atoms with van der Waals surface area (Å²) in [6.07, 6.45) is -1.50. The molecular weight excluding hydrogens is 1550 g/mol. The van der Waals surface area contributed by atoms with Gasteiger partial charge in [-0.15, -0.1) is 0 Å². The lowest BCUT2D eigenvalue weighted by atomic mass is 9.75. The zero-order chi connectivity index (χ0) is 70.2. The number of anilines is 6. The van der Waals surface area contributed by atoms with Crippen molar-refractivity contribution in [2.75, 3.05) is 50.3 Å². The van der Waals surface area contributed by atoms with Crippen molar-refractivity contribution in [3.8, 4) is 0 Å². The molecule has 0 radical (unpaired) electrons. The van der Waals surface area contributed by atoms with Gasteiger partial charge in [-0.05, 0) is 110 Å². The first kappa shape index (κ1) is 70.1. The Balaban J connectivity index is 0.000000121. The van der Waals surface area contributed by atoms with Gasteiger partial charge in [0, 0.05) is 99.7 Å². The van der Waals surface area contributed by atoms with Gasteiger partial charge in [-0.25, -0.2) is 14.7 Å². The third-order valence-electron chi connectivity index (χ3n) is 21.4. The van der Waals surface area contributed by atoms with Gasteiger partial charge in [0.2, 0.25) is 35.4 Å². The molecule has 9 amide bonds. The summed E-state index contributed by atoms with van der Waals surface area (Å²) in [4.78, 5) is 132. The summed E-state index contributed by atoms with van der Waals surface area (Å²) in [7, 11) is 0. The topological polar surface area (TPSA) is 270 Å². The van der Waals surface area contributed by atoms with E-state index in [4.69, 9.17) is 139 Å². The van der Waals surface area contributed by atoms with Crippen LogP contribution in [-0.4, -0.2) is 139 Å². The Morgan fingerprint density at radius 2 is 0.540 bits per heavy atom. The van der Waals surface area contributed by atoms with Crippen molar-refractivity contribution in [1.82, 2.24) is 14.7 Å². The highest BCUT2D eigenvalue weighted by atomic mass is 35.5. The van der Waals surface area contributed by atoms with Crippen molar-refractivity contribution < 1.29 is 58.5 Å². The lowest BCUT2D eigenvalue weighted by Gasteiger charge is -2.36. The fraction of sp³-hybridized carbons (Fsp3) is 0.328. The Morgan fingerprint density at radius 1 is 0.320 bits per heavy atom. The van der Waals surface area contributed by atoms with E-state index in [0.717, 1.165) is 14.7 Å². The number of fused-ring (bicyclic) bond motifs is 21. The summed E-state index contributed by atoms with van der Waals surface area (Å²) in [6.45, 7) is 0.411. The number of nitrogens with one attached hydrogen (secondary N) is 3. The molecule has 21 nitrogen and oxygen atoms in total. The molecule has 8 unspecified atom stereocenters. The van der Waals surface area contributed by atoms with Crippen LogP contribution in [0.3, 0.4) is 0 Å². The molecule has 9 fully saturated rings. The smallest absolute Gasteiger partial charge is 0.250 e. The molecule has 100 heavy (non-hydrogen) atoms. The van der Waals surface area contributed by atoms with Gasteiger partial charge < -0.3 is 31.3 Å². The average Bonchev–Trinajstić information content (AvgIpc) is 1.51. The fourth-order valence-corrected chi connectivity index (χ4v) is 21.6. The number of amides is 9. The molecule has 18 rings (SSSR count). The van der Waals surface area contributed by atoms with Crippen molar-refractivity contribution in [3.63, 3.8) is 0 Å². The molecule has 12 aliphatic heterocycles. The van der Waals surface area contributed by atoms with E-state index in [1.54, 1.807) is 32.9 Å². The van der Waals surface area contributed by atoms with Gasteiger partial charge in [0.1, 0.15) is 16.6 Å². The molecular formula is C67H49Cl12N9O12. The Morgan fingerprint density at radius 3 is 0.770 bits per heavy atom. The van der Waals surface area contributed by atoms with Crippen molar-refractivity contribution in [2.24, 2.45) is 35.5 Å². The van der Waals surface area contributed by atoms with Gasteiger partial charge >= 0.3 is 0 Å². The third-order valence-corrected chi connectivity index (χ3v) is 24.3.